The molecular weight excluding hydrogens is 342 g/mol. The van der Waals surface area contributed by atoms with E-state index in [0.29, 0.717) is 16.7 Å². The lowest BCUT2D eigenvalue weighted by atomic mass is 10.1. The predicted octanol–water partition coefficient (Wildman–Crippen LogP) is 4.06. The van der Waals surface area contributed by atoms with E-state index in [0.717, 1.165) is 17.5 Å². The summed E-state index contributed by atoms with van der Waals surface area (Å²) in [5.74, 6) is 0.110. The number of carbonyl (C=O) groups is 1. The first-order valence-corrected chi connectivity index (χ1v) is 9.04. The Morgan fingerprint density at radius 2 is 1.85 bits per heavy atom. The van der Waals surface area contributed by atoms with E-state index < -0.39 is 0 Å². The summed E-state index contributed by atoms with van der Waals surface area (Å²) in [7, 11) is 0. The number of aryl methyl sites for hydroxylation is 1. The Morgan fingerprint density at radius 3 is 2.56 bits per heavy atom. The number of para-hydroxylation sites is 1. The van der Waals surface area contributed by atoms with Gasteiger partial charge in [-0.15, -0.1) is 0 Å². The summed E-state index contributed by atoms with van der Waals surface area (Å²) in [4.78, 5) is 25.0. The third kappa shape index (κ3) is 4.19. The third-order valence-corrected chi connectivity index (χ3v) is 4.44. The Hall–Kier alpha value is -3.08. The molecule has 3 aromatic rings. The summed E-state index contributed by atoms with van der Waals surface area (Å²) in [5.41, 5.74) is 2.01. The molecule has 27 heavy (non-hydrogen) atoms. The number of amides is 1. The van der Waals surface area contributed by atoms with Gasteiger partial charge in [0, 0.05) is 11.6 Å². The molecule has 5 heteroatoms. The highest BCUT2D eigenvalue weighted by Gasteiger charge is 2.19. The van der Waals surface area contributed by atoms with Crippen molar-refractivity contribution in [1.82, 2.24) is 5.32 Å². The van der Waals surface area contributed by atoms with Crippen LogP contribution in [0.2, 0.25) is 0 Å². The highest BCUT2D eigenvalue weighted by molar-refractivity contribution is 5.83. The van der Waals surface area contributed by atoms with E-state index in [1.165, 1.54) is 0 Å². The van der Waals surface area contributed by atoms with Crippen LogP contribution in [0.1, 0.15) is 25.8 Å². The van der Waals surface area contributed by atoms with Gasteiger partial charge in [-0.25, -0.2) is 0 Å². The molecule has 0 radical (unpaired) electrons. The minimum Gasteiger partial charge on any atom is -0.476 e. The van der Waals surface area contributed by atoms with E-state index in [4.69, 9.17) is 9.15 Å². The Labute approximate surface area is 158 Å². The van der Waals surface area contributed by atoms with Crippen LogP contribution in [0.15, 0.2) is 57.7 Å². The maximum Gasteiger partial charge on any atom is 0.258 e. The van der Waals surface area contributed by atoms with E-state index >= 15 is 0 Å². The Kier molecular flexibility index (Phi) is 5.60. The van der Waals surface area contributed by atoms with E-state index in [1.807, 2.05) is 51.1 Å². The molecule has 0 aliphatic carbocycles. The van der Waals surface area contributed by atoms with E-state index in [9.17, 15) is 9.59 Å². The fourth-order valence-corrected chi connectivity index (χ4v) is 2.71. The average Bonchev–Trinajstić information content (AvgIpc) is 2.67. The minimum absolute atomic E-state index is 0.0469. The first-order chi connectivity index (χ1) is 13.0. The van der Waals surface area contributed by atoms with Gasteiger partial charge in [-0.3, -0.25) is 9.59 Å². The first-order valence-electron chi connectivity index (χ1n) is 9.04. The van der Waals surface area contributed by atoms with Crippen molar-refractivity contribution in [2.75, 3.05) is 6.61 Å². The molecule has 0 spiro atoms. The SMILES string of the molecule is CCC(C)NC(=O)COc1c(-c2ccc(C)cc2)oc2ccccc2c1=O. The van der Waals surface area contributed by atoms with Crippen molar-refractivity contribution in [1.29, 1.82) is 0 Å². The maximum absolute atomic E-state index is 13.0. The molecule has 5 nitrogen and oxygen atoms in total. The number of hydrogen-bond donors (Lipinski definition) is 1. The van der Waals surface area contributed by atoms with E-state index in [2.05, 4.69) is 5.32 Å². The highest BCUT2D eigenvalue weighted by atomic mass is 16.5. The van der Waals surface area contributed by atoms with E-state index in [1.54, 1.807) is 18.2 Å². The fraction of sp³-hybridized carbons (Fsp3) is 0.273. The van der Waals surface area contributed by atoms with Crippen molar-refractivity contribution in [3.05, 3.63) is 64.3 Å². The summed E-state index contributed by atoms with van der Waals surface area (Å²) >= 11 is 0. The van der Waals surface area contributed by atoms with Crippen LogP contribution in [-0.2, 0) is 4.79 Å². The van der Waals surface area contributed by atoms with Crippen LogP contribution >= 0.6 is 0 Å². The molecule has 1 heterocycles. The zero-order chi connectivity index (χ0) is 19.4. The number of nitrogens with one attached hydrogen (secondary N) is 1. The quantitative estimate of drug-likeness (QED) is 0.715. The number of fused-ring (bicyclic) bond motifs is 1. The Bertz CT molecular complexity index is 1000. The molecule has 0 fully saturated rings. The molecule has 0 aliphatic heterocycles. The van der Waals surface area contributed by atoms with Crippen molar-refractivity contribution < 1.29 is 13.9 Å². The van der Waals surface area contributed by atoms with Crippen LogP contribution < -0.4 is 15.5 Å². The second-order valence-corrected chi connectivity index (χ2v) is 6.62. The second-order valence-electron chi connectivity index (χ2n) is 6.62. The molecule has 1 aromatic heterocycles. The standard InChI is InChI=1S/C22H23NO4/c1-4-15(3)23-19(24)13-26-22-20(25)17-7-5-6-8-18(17)27-21(22)16-11-9-14(2)10-12-16/h5-12,15H,4,13H2,1-3H3,(H,23,24). The van der Waals surface area contributed by atoms with Gasteiger partial charge in [0.15, 0.2) is 12.4 Å². The third-order valence-electron chi connectivity index (χ3n) is 4.44. The number of benzene rings is 2. The molecule has 0 saturated carbocycles. The largest absolute Gasteiger partial charge is 0.476 e. The van der Waals surface area contributed by atoms with Gasteiger partial charge in [-0.1, -0.05) is 48.9 Å². The summed E-state index contributed by atoms with van der Waals surface area (Å²) in [6.07, 6.45) is 0.818. The van der Waals surface area contributed by atoms with Crippen molar-refractivity contribution in [3.63, 3.8) is 0 Å². The molecule has 2 aromatic carbocycles. The van der Waals surface area contributed by atoms with Crippen LogP contribution in [-0.4, -0.2) is 18.6 Å². The number of carbonyl (C=O) groups excluding carboxylic acids is 1. The monoisotopic (exact) mass is 365 g/mol. The molecule has 3 rings (SSSR count). The molecule has 1 unspecified atom stereocenters. The molecule has 1 atom stereocenters. The lowest BCUT2D eigenvalue weighted by Gasteiger charge is -2.14. The normalized spacial score (nSPS) is 12.0. The number of ether oxygens (including phenoxy) is 1. The predicted molar refractivity (Wildman–Crippen MR) is 106 cm³/mol. The van der Waals surface area contributed by atoms with Crippen molar-refractivity contribution in [2.24, 2.45) is 0 Å². The van der Waals surface area contributed by atoms with Crippen LogP contribution in [0.4, 0.5) is 0 Å². The van der Waals surface area contributed by atoms with Crippen LogP contribution in [0.5, 0.6) is 5.75 Å². The van der Waals surface area contributed by atoms with Crippen molar-refractivity contribution in [2.45, 2.75) is 33.2 Å². The zero-order valence-corrected chi connectivity index (χ0v) is 15.7. The molecular formula is C22H23NO4. The van der Waals surface area contributed by atoms with Gasteiger partial charge in [-0.2, -0.15) is 0 Å². The molecule has 0 bridgehead atoms. The molecule has 140 valence electrons. The van der Waals surface area contributed by atoms with Crippen molar-refractivity contribution in [3.8, 4) is 17.1 Å². The van der Waals surface area contributed by atoms with E-state index in [-0.39, 0.29) is 29.7 Å². The van der Waals surface area contributed by atoms with Gasteiger partial charge in [0.05, 0.1) is 5.39 Å². The topological polar surface area (TPSA) is 68.5 Å². The van der Waals surface area contributed by atoms with Gasteiger partial charge < -0.3 is 14.5 Å². The fourth-order valence-electron chi connectivity index (χ4n) is 2.71. The molecule has 1 amide bonds. The number of rotatable bonds is 6. The minimum atomic E-state index is -0.288. The lowest BCUT2D eigenvalue weighted by molar-refractivity contribution is -0.123. The lowest BCUT2D eigenvalue weighted by Crippen LogP contribution is -2.36. The van der Waals surface area contributed by atoms with Gasteiger partial charge >= 0.3 is 0 Å². The Morgan fingerprint density at radius 1 is 1.15 bits per heavy atom. The highest BCUT2D eigenvalue weighted by Crippen LogP contribution is 2.31. The molecule has 1 N–H and O–H groups in total. The zero-order valence-electron chi connectivity index (χ0n) is 15.7. The summed E-state index contributed by atoms with van der Waals surface area (Å²) < 4.78 is 11.6. The first kappa shape index (κ1) is 18.7. The average molecular weight is 365 g/mol. The van der Waals surface area contributed by atoms with Gasteiger partial charge in [-0.05, 0) is 32.4 Å². The molecule has 0 saturated heterocycles. The molecule has 0 aliphatic rings. The maximum atomic E-state index is 13.0. The van der Waals surface area contributed by atoms with Crippen LogP contribution in [0.25, 0.3) is 22.3 Å². The Balaban J connectivity index is 2.02. The summed E-state index contributed by atoms with van der Waals surface area (Å²) in [6.45, 7) is 5.64. The van der Waals surface area contributed by atoms with Gasteiger partial charge in [0.1, 0.15) is 5.58 Å². The van der Waals surface area contributed by atoms with Gasteiger partial charge in [0.25, 0.3) is 5.91 Å². The summed E-state index contributed by atoms with van der Waals surface area (Å²) in [5, 5.41) is 3.25. The summed E-state index contributed by atoms with van der Waals surface area (Å²) in [6, 6.07) is 14.7. The number of hydrogen-bond acceptors (Lipinski definition) is 4. The second kappa shape index (κ2) is 8.08. The smallest absolute Gasteiger partial charge is 0.258 e. The van der Waals surface area contributed by atoms with Crippen LogP contribution in [0, 0.1) is 6.92 Å². The van der Waals surface area contributed by atoms with Gasteiger partial charge in [0.2, 0.25) is 11.2 Å². The van der Waals surface area contributed by atoms with Crippen molar-refractivity contribution >= 4 is 16.9 Å². The van der Waals surface area contributed by atoms with Crippen LogP contribution in [0.3, 0.4) is 0 Å².